The summed E-state index contributed by atoms with van der Waals surface area (Å²) in [6, 6.07) is 9.12. The molecule has 3 heteroatoms. The Hall–Kier alpha value is -1.61. The van der Waals surface area contributed by atoms with Gasteiger partial charge in [-0.1, -0.05) is 43.3 Å². The molecule has 104 valence electrons. The number of nitrogens with zero attached hydrogens (tertiary/aromatic N) is 1. The molecule has 0 spiro atoms. The van der Waals surface area contributed by atoms with Gasteiger partial charge in [-0.25, -0.2) is 0 Å². The van der Waals surface area contributed by atoms with Crippen molar-refractivity contribution in [2.75, 3.05) is 7.05 Å². The first-order valence-electron chi connectivity index (χ1n) is 6.65. The summed E-state index contributed by atoms with van der Waals surface area (Å²) in [5.74, 6) is -0.185. The molecule has 0 saturated carbocycles. The number of hydrogen-bond donors (Lipinski definition) is 1. The van der Waals surface area contributed by atoms with E-state index in [1.54, 1.807) is 18.0 Å². The molecule has 1 amide bonds. The molecule has 0 heterocycles. The van der Waals surface area contributed by atoms with E-state index in [0.717, 1.165) is 12.0 Å². The van der Waals surface area contributed by atoms with Gasteiger partial charge in [0.15, 0.2) is 0 Å². The van der Waals surface area contributed by atoms with Gasteiger partial charge in [0, 0.05) is 7.05 Å². The molecule has 0 fully saturated rings. The Morgan fingerprint density at radius 2 is 2.00 bits per heavy atom. The predicted octanol–water partition coefficient (Wildman–Crippen LogP) is 2.78. The van der Waals surface area contributed by atoms with Crippen LogP contribution in [-0.2, 0) is 4.79 Å². The van der Waals surface area contributed by atoms with Gasteiger partial charge in [-0.2, -0.15) is 0 Å². The number of hydrogen-bond acceptors (Lipinski definition) is 2. The fourth-order valence-electron chi connectivity index (χ4n) is 2.04. The SMILES string of the molecule is C=C[C@H](CC)C(=O)N(C)[C@@H](C)[C@@H](O)c1ccccc1. The minimum Gasteiger partial charge on any atom is -0.386 e. The summed E-state index contributed by atoms with van der Waals surface area (Å²) in [6.45, 7) is 7.49. The van der Waals surface area contributed by atoms with Crippen LogP contribution >= 0.6 is 0 Å². The molecule has 0 unspecified atom stereocenters. The van der Waals surface area contributed by atoms with E-state index >= 15 is 0 Å². The minimum atomic E-state index is -0.683. The Morgan fingerprint density at radius 3 is 2.47 bits per heavy atom. The second-order valence-corrected chi connectivity index (χ2v) is 4.80. The molecular formula is C16H23NO2. The summed E-state index contributed by atoms with van der Waals surface area (Å²) in [6.07, 6.45) is 1.71. The van der Waals surface area contributed by atoms with E-state index in [4.69, 9.17) is 0 Å². The van der Waals surface area contributed by atoms with Crippen molar-refractivity contribution >= 4 is 5.91 Å². The van der Waals surface area contributed by atoms with Crippen LogP contribution < -0.4 is 0 Å². The van der Waals surface area contributed by atoms with Gasteiger partial charge in [-0.15, -0.1) is 6.58 Å². The maximum absolute atomic E-state index is 12.2. The molecule has 0 aliphatic rings. The number of carbonyl (C=O) groups excluding carboxylic acids is 1. The number of likely N-dealkylation sites (N-methyl/N-ethyl adjacent to an activating group) is 1. The lowest BCUT2D eigenvalue weighted by molar-refractivity contribution is -0.136. The highest BCUT2D eigenvalue weighted by molar-refractivity contribution is 5.80. The third kappa shape index (κ3) is 3.67. The lowest BCUT2D eigenvalue weighted by Gasteiger charge is -2.31. The summed E-state index contributed by atoms with van der Waals surface area (Å²) in [4.78, 5) is 13.8. The smallest absolute Gasteiger partial charge is 0.229 e. The lowest BCUT2D eigenvalue weighted by Crippen LogP contribution is -2.41. The standard InChI is InChI=1S/C16H23NO2/c1-5-13(6-2)16(19)17(4)12(3)15(18)14-10-8-7-9-11-14/h5,7-13,15,18H,1,6H2,2-4H3/t12-,13+,15+/m0/s1. The predicted molar refractivity (Wildman–Crippen MR) is 77.6 cm³/mol. The quantitative estimate of drug-likeness (QED) is 0.800. The molecule has 19 heavy (non-hydrogen) atoms. The first kappa shape index (κ1) is 15.4. The van der Waals surface area contributed by atoms with Gasteiger partial charge >= 0.3 is 0 Å². The highest BCUT2D eigenvalue weighted by Gasteiger charge is 2.26. The van der Waals surface area contributed by atoms with Gasteiger partial charge in [0.05, 0.1) is 18.1 Å². The third-order valence-corrected chi connectivity index (χ3v) is 3.60. The number of amides is 1. The fraction of sp³-hybridized carbons (Fsp3) is 0.438. The number of carbonyl (C=O) groups is 1. The zero-order chi connectivity index (χ0) is 14.4. The zero-order valence-electron chi connectivity index (χ0n) is 11.9. The molecule has 0 aromatic heterocycles. The molecule has 1 aromatic rings. The van der Waals surface area contributed by atoms with Crippen LogP contribution in [0.5, 0.6) is 0 Å². The second-order valence-electron chi connectivity index (χ2n) is 4.80. The first-order valence-corrected chi connectivity index (χ1v) is 6.65. The van der Waals surface area contributed by atoms with E-state index in [0.29, 0.717) is 0 Å². The zero-order valence-corrected chi connectivity index (χ0v) is 11.9. The summed E-state index contributed by atoms with van der Waals surface area (Å²) >= 11 is 0. The van der Waals surface area contributed by atoms with Crippen molar-refractivity contribution in [1.82, 2.24) is 4.90 Å². The van der Waals surface area contributed by atoms with Crippen LogP contribution in [0.15, 0.2) is 43.0 Å². The molecular weight excluding hydrogens is 238 g/mol. The number of aliphatic hydroxyl groups excluding tert-OH is 1. The maximum Gasteiger partial charge on any atom is 0.229 e. The average Bonchev–Trinajstić information content (AvgIpc) is 2.47. The Bertz CT molecular complexity index is 416. The van der Waals surface area contributed by atoms with Crippen LogP contribution in [-0.4, -0.2) is 29.0 Å². The van der Waals surface area contributed by atoms with E-state index in [-0.39, 0.29) is 17.9 Å². The summed E-state index contributed by atoms with van der Waals surface area (Å²) in [5.41, 5.74) is 0.821. The van der Waals surface area contributed by atoms with Crippen molar-refractivity contribution in [3.63, 3.8) is 0 Å². The number of benzene rings is 1. The largest absolute Gasteiger partial charge is 0.386 e. The molecule has 1 aromatic carbocycles. The van der Waals surface area contributed by atoms with Crippen LogP contribution in [0.4, 0.5) is 0 Å². The molecule has 0 bridgehead atoms. The molecule has 0 saturated heterocycles. The Kier molecular flexibility index (Phi) is 5.77. The first-order chi connectivity index (χ1) is 9.02. The van der Waals surface area contributed by atoms with Crippen molar-refractivity contribution in [2.45, 2.75) is 32.4 Å². The van der Waals surface area contributed by atoms with Crippen molar-refractivity contribution in [1.29, 1.82) is 0 Å². The summed E-state index contributed by atoms with van der Waals surface area (Å²) < 4.78 is 0. The summed E-state index contributed by atoms with van der Waals surface area (Å²) in [5, 5.41) is 10.3. The van der Waals surface area contributed by atoms with Crippen molar-refractivity contribution < 1.29 is 9.90 Å². The van der Waals surface area contributed by atoms with Gasteiger partial charge in [0.2, 0.25) is 5.91 Å². The van der Waals surface area contributed by atoms with Gasteiger partial charge in [-0.05, 0) is 18.9 Å². The topological polar surface area (TPSA) is 40.5 Å². The van der Waals surface area contributed by atoms with E-state index in [9.17, 15) is 9.90 Å². The van der Waals surface area contributed by atoms with Gasteiger partial charge in [-0.3, -0.25) is 4.79 Å². The maximum atomic E-state index is 12.2. The second kappa shape index (κ2) is 7.10. The van der Waals surface area contributed by atoms with Crippen LogP contribution in [0.2, 0.25) is 0 Å². The molecule has 0 radical (unpaired) electrons. The molecule has 1 rings (SSSR count). The Morgan fingerprint density at radius 1 is 1.42 bits per heavy atom. The highest BCUT2D eigenvalue weighted by atomic mass is 16.3. The molecule has 1 N–H and O–H groups in total. The highest BCUT2D eigenvalue weighted by Crippen LogP contribution is 2.21. The number of aliphatic hydroxyl groups is 1. The number of rotatable bonds is 6. The van der Waals surface area contributed by atoms with Crippen LogP contribution in [0.3, 0.4) is 0 Å². The molecule has 3 atom stereocenters. The van der Waals surface area contributed by atoms with E-state index in [1.807, 2.05) is 44.2 Å². The summed E-state index contributed by atoms with van der Waals surface area (Å²) in [7, 11) is 1.73. The minimum absolute atomic E-state index is 0.0000175. The monoisotopic (exact) mass is 261 g/mol. The molecule has 3 nitrogen and oxygen atoms in total. The fourth-order valence-corrected chi connectivity index (χ4v) is 2.04. The van der Waals surface area contributed by atoms with Gasteiger partial charge in [0.25, 0.3) is 0 Å². The third-order valence-electron chi connectivity index (χ3n) is 3.60. The van der Waals surface area contributed by atoms with Crippen molar-refractivity contribution in [3.8, 4) is 0 Å². The van der Waals surface area contributed by atoms with E-state index in [1.165, 1.54) is 0 Å². The average molecular weight is 261 g/mol. The normalized spacial score (nSPS) is 15.4. The van der Waals surface area contributed by atoms with Crippen LogP contribution in [0.1, 0.15) is 31.9 Å². The Labute approximate surface area is 115 Å². The Balaban J connectivity index is 2.79. The van der Waals surface area contributed by atoms with Crippen molar-refractivity contribution in [3.05, 3.63) is 48.6 Å². The van der Waals surface area contributed by atoms with Crippen LogP contribution in [0.25, 0.3) is 0 Å². The van der Waals surface area contributed by atoms with Gasteiger partial charge < -0.3 is 10.0 Å². The molecule has 0 aliphatic heterocycles. The van der Waals surface area contributed by atoms with Crippen LogP contribution in [0, 0.1) is 5.92 Å². The van der Waals surface area contributed by atoms with E-state index < -0.39 is 6.10 Å². The lowest BCUT2D eigenvalue weighted by atomic mass is 10.00. The van der Waals surface area contributed by atoms with E-state index in [2.05, 4.69) is 6.58 Å². The van der Waals surface area contributed by atoms with Crippen molar-refractivity contribution in [2.24, 2.45) is 5.92 Å². The van der Waals surface area contributed by atoms with Gasteiger partial charge in [0.1, 0.15) is 0 Å². The molecule has 0 aliphatic carbocycles.